The predicted octanol–water partition coefficient (Wildman–Crippen LogP) is 1.84. The van der Waals surface area contributed by atoms with E-state index in [1.54, 1.807) is 25.1 Å². The Morgan fingerprint density at radius 2 is 2.09 bits per heavy atom. The maximum atomic E-state index is 12.9. The molecule has 0 heterocycles. The van der Waals surface area contributed by atoms with Gasteiger partial charge in [0.25, 0.3) is 0 Å². The Kier molecular flexibility index (Phi) is 3.85. The number of nitrogens with one attached hydrogen (secondary N) is 1. The summed E-state index contributed by atoms with van der Waals surface area (Å²) in [5, 5.41) is 0. The van der Waals surface area contributed by atoms with Crippen LogP contribution >= 0.6 is 12.4 Å². The molecule has 0 amide bonds. The van der Waals surface area contributed by atoms with Crippen LogP contribution < -0.4 is 11.3 Å². The summed E-state index contributed by atoms with van der Waals surface area (Å²) in [6, 6.07) is 5.02. The van der Waals surface area contributed by atoms with Crippen molar-refractivity contribution in [2.24, 2.45) is 5.84 Å². The Morgan fingerprint density at radius 1 is 1.45 bits per heavy atom. The van der Waals surface area contributed by atoms with Crippen LogP contribution in [0.5, 0.6) is 0 Å². The van der Waals surface area contributed by atoms with Gasteiger partial charge in [0, 0.05) is 0 Å². The van der Waals surface area contributed by atoms with E-state index >= 15 is 0 Å². The third-order valence-corrected chi connectivity index (χ3v) is 1.35. The van der Waals surface area contributed by atoms with Crippen molar-refractivity contribution in [3.05, 3.63) is 29.6 Å². The molecule has 0 aliphatic carbocycles. The molecule has 11 heavy (non-hydrogen) atoms. The molecule has 0 atom stereocenters. The van der Waals surface area contributed by atoms with E-state index in [2.05, 4.69) is 5.43 Å². The quantitative estimate of drug-likeness (QED) is 0.506. The molecule has 0 fully saturated rings. The summed E-state index contributed by atoms with van der Waals surface area (Å²) in [4.78, 5) is 0. The third kappa shape index (κ3) is 2.06. The van der Waals surface area contributed by atoms with Crippen LogP contribution in [0.4, 0.5) is 10.1 Å². The highest BCUT2D eigenvalue weighted by Gasteiger charge is 2.00. The molecule has 3 N–H and O–H groups in total. The monoisotopic (exact) mass is 176 g/mol. The topological polar surface area (TPSA) is 38.0 Å². The van der Waals surface area contributed by atoms with Gasteiger partial charge < -0.3 is 5.43 Å². The van der Waals surface area contributed by atoms with E-state index in [0.717, 1.165) is 0 Å². The molecule has 1 rings (SSSR count). The lowest BCUT2D eigenvalue weighted by Crippen LogP contribution is -2.08. The lowest BCUT2D eigenvalue weighted by atomic mass is 10.2. The van der Waals surface area contributed by atoms with Gasteiger partial charge in [-0.05, 0) is 18.6 Å². The summed E-state index contributed by atoms with van der Waals surface area (Å²) >= 11 is 0. The molecule has 0 saturated carbocycles. The average Bonchev–Trinajstić information content (AvgIpc) is 1.95. The van der Waals surface area contributed by atoms with Gasteiger partial charge in [-0.1, -0.05) is 12.1 Å². The maximum absolute atomic E-state index is 12.9. The van der Waals surface area contributed by atoms with Gasteiger partial charge in [-0.15, -0.1) is 12.4 Å². The molecule has 1 aromatic carbocycles. The molecule has 0 saturated heterocycles. The van der Waals surface area contributed by atoms with Gasteiger partial charge in [0.1, 0.15) is 5.82 Å². The van der Waals surface area contributed by atoms with Crippen LogP contribution in [-0.2, 0) is 0 Å². The largest absolute Gasteiger partial charge is 0.321 e. The fraction of sp³-hybridized carbons (Fsp3) is 0.143. The zero-order valence-electron chi connectivity index (χ0n) is 6.10. The second-order valence-electron chi connectivity index (χ2n) is 2.08. The fourth-order valence-corrected chi connectivity index (χ4v) is 0.759. The number of hydrazine groups is 1. The standard InChI is InChI=1S/C7H9FN2.ClH/c1-5-3-2-4-6(10-9)7(5)8;/h2-4,10H,9H2,1H3;1H. The van der Waals surface area contributed by atoms with E-state index in [1.165, 1.54) is 0 Å². The Labute approximate surface area is 71.0 Å². The summed E-state index contributed by atoms with van der Waals surface area (Å²) in [6.45, 7) is 1.69. The molecule has 1 aromatic rings. The molecular formula is C7H10ClFN2. The molecule has 2 nitrogen and oxygen atoms in total. The molecule has 0 spiro atoms. The number of aryl methyl sites for hydroxylation is 1. The molecule has 0 unspecified atom stereocenters. The van der Waals surface area contributed by atoms with Crippen LogP contribution in [0.2, 0.25) is 0 Å². The molecule has 62 valence electrons. The number of rotatable bonds is 1. The van der Waals surface area contributed by atoms with Crippen molar-refractivity contribution in [2.45, 2.75) is 6.92 Å². The van der Waals surface area contributed by atoms with Crippen molar-refractivity contribution >= 4 is 18.1 Å². The first-order chi connectivity index (χ1) is 4.75. The number of hydrogen-bond acceptors (Lipinski definition) is 2. The minimum Gasteiger partial charge on any atom is -0.321 e. The van der Waals surface area contributed by atoms with Crippen molar-refractivity contribution in [1.29, 1.82) is 0 Å². The number of halogens is 2. The van der Waals surface area contributed by atoms with Gasteiger partial charge in [-0.3, -0.25) is 5.84 Å². The van der Waals surface area contributed by atoms with Gasteiger partial charge in [0.2, 0.25) is 0 Å². The van der Waals surface area contributed by atoms with Gasteiger partial charge in [-0.25, -0.2) is 4.39 Å². The van der Waals surface area contributed by atoms with Crippen LogP contribution in [0.25, 0.3) is 0 Å². The van der Waals surface area contributed by atoms with E-state index in [0.29, 0.717) is 11.3 Å². The fourth-order valence-electron chi connectivity index (χ4n) is 0.759. The van der Waals surface area contributed by atoms with E-state index in [-0.39, 0.29) is 18.2 Å². The first kappa shape index (κ1) is 10.2. The average molecular weight is 177 g/mol. The lowest BCUT2D eigenvalue weighted by Gasteiger charge is -2.02. The first-order valence-corrected chi connectivity index (χ1v) is 2.97. The van der Waals surface area contributed by atoms with Gasteiger partial charge in [0.15, 0.2) is 0 Å². The molecule has 0 aliphatic rings. The third-order valence-electron chi connectivity index (χ3n) is 1.35. The van der Waals surface area contributed by atoms with Crippen LogP contribution in [0.3, 0.4) is 0 Å². The van der Waals surface area contributed by atoms with Gasteiger partial charge in [0.05, 0.1) is 5.69 Å². The smallest absolute Gasteiger partial charge is 0.150 e. The Morgan fingerprint density at radius 3 is 2.55 bits per heavy atom. The number of nitrogen functional groups attached to an aromatic ring is 1. The second kappa shape index (κ2) is 4.16. The maximum Gasteiger partial charge on any atom is 0.150 e. The lowest BCUT2D eigenvalue weighted by molar-refractivity contribution is 0.621. The number of anilines is 1. The summed E-state index contributed by atoms with van der Waals surface area (Å²) in [7, 11) is 0. The normalized spacial score (nSPS) is 8.64. The van der Waals surface area contributed by atoms with E-state index in [1.807, 2.05) is 0 Å². The molecular weight excluding hydrogens is 167 g/mol. The first-order valence-electron chi connectivity index (χ1n) is 2.97. The Hall–Kier alpha value is -0.800. The second-order valence-corrected chi connectivity index (χ2v) is 2.08. The van der Waals surface area contributed by atoms with Crippen molar-refractivity contribution < 1.29 is 4.39 Å². The Balaban J connectivity index is 0.000001000. The van der Waals surface area contributed by atoms with Crippen molar-refractivity contribution in [3.8, 4) is 0 Å². The highest BCUT2D eigenvalue weighted by atomic mass is 35.5. The molecule has 0 aromatic heterocycles. The molecule has 0 radical (unpaired) electrons. The minimum absolute atomic E-state index is 0. The SMILES string of the molecule is Cc1cccc(NN)c1F.Cl. The van der Waals surface area contributed by atoms with Crippen molar-refractivity contribution in [2.75, 3.05) is 5.43 Å². The predicted molar refractivity (Wildman–Crippen MR) is 46.2 cm³/mol. The van der Waals surface area contributed by atoms with Crippen molar-refractivity contribution in [3.63, 3.8) is 0 Å². The van der Waals surface area contributed by atoms with Crippen LogP contribution in [0.1, 0.15) is 5.56 Å². The zero-order chi connectivity index (χ0) is 7.56. The highest BCUT2D eigenvalue weighted by molar-refractivity contribution is 5.85. The molecule has 4 heteroatoms. The molecule has 0 bridgehead atoms. The zero-order valence-corrected chi connectivity index (χ0v) is 6.91. The van der Waals surface area contributed by atoms with Crippen LogP contribution in [0, 0.1) is 12.7 Å². The van der Waals surface area contributed by atoms with Crippen molar-refractivity contribution in [1.82, 2.24) is 0 Å². The van der Waals surface area contributed by atoms with E-state index in [4.69, 9.17) is 5.84 Å². The van der Waals surface area contributed by atoms with Crippen LogP contribution in [-0.4, -0.2) is 0 Å². The summed E-state index contributed by atoms with van der Waals surface area (Å²) in [5.74, 6) is 4.74. The number of benzene rings is 1. The van der Waals surface area contributed by atoms with Crippen LogP contribution in [0.15, 0.2) is 18.2 Å². The van der Waals surface area contributed by atoms with Gasteiger partial charge in [-0.2, -0.15) is 0 Å². The summed E-state index contributed by atoms with van der Waals surface area (Å²) in [6.07, 6.45) is 0. The summed E-state index contributed by atoms with van der Waals surface area (Å²) in [5.41, 5.74) is 3.19. The minimum atomic E-state index is -0.287. The highest BCUT2D eigenvalue weighted by Crippen LogP contribution is 2.14. The number of hydrogen-bond donors (Lipinski definition) is 2. The summed E-state index contributed by atoms with van der Waals surface area (Å²) < 4.78 is 12.9. The van der Waals surface area contributed by atoms with E-state index in [9.17, 15) is 4.39 Å². The molecule has 0 aliphatic heterocycles. The number of nitrogens with two attached hydrogens (primary N) is 1. The van der Waals surface area contributed by atoms with Gasteiger partial charge >= 0.3 is 0 Å². The Bertz CT molecular complexity index is 240. The van der Waals surface area contributed by atoms with E-state index < -0.39 is 0 Å².